The molecule has 3 rings (SSSR count). The number of benzene rings is 1. The number of pyridine rings is 1. The van der Waals surface area contributed by atoms with E-state index in [9.17, 15) is 9.59 Å². The highest BCUT2D eigenvalue weighted by molar-refractivity contribution is 6.01. The monoisotopic (exact) mass is 356 g/mol. The van der Waals surface area contributed by atoms with Gasteiger partial charge in [0.25, 0.3) is 0 Å². The molecular formula is C19H20N2O5. The number of carbonyl (C=O) groups is 2. The second-order valence-corrected chi connectivity index (χ2v) is 5.74. The number of ether oxygens (including phenoxy) is 3. The third-order valence-corrected chi connectivity index (χ3v) is 4.15. The van der Waals surface area contributed by atoms with Crippen molar-refractivity contribution in [1.29, 1.82) is 0 Å². The molecule has 7 heteroatoms. The SMILES string of the molecule is COc1ccc(-c2ccc(OCCN3C(=O)CCC3=O)cn2)cc1OC. The van der Waals surface area contributed by atoms with Gasteiger partial charge in [-0.25, -0.2) is 0 Å². The van der Waals surface area contributed by atoms with Crippen LogP contribution in [0.2, 0.25) is 0 Å². The van der Waals surface area contributed by atoms with Crippen molar-refractivity contribution in [3.05, 3.63) is 36.5 Å². The molecule has 1 fully saturated rings. The molecule has 0 unspecified atom stereocenters. The smallest absolute Gasteiger partial charge is 0.229 e. The maximum absolute atomic E-state index is 11.5. The van der Waals surface area contributed by atoms with Gasteiger partial charge in [-0.05, 0) is 30.3 Å². The van der Waals surface area contributed by atoms with Crippen LogP contribution in [0, 0.1) is 0 Å². The van der Waals surface area contributed by atoms with Gasteiger partial charge in [-0.2, -0.15) is 0 Å². The lowest BCUT2D eigenvalue weighted by atomic mass is 10.1. The Hall–Kier alpha value is -3.09. The summed E-state index contributed by atoms with van der Waals surface area (Å²) in [4.78, 5) is 28.7. The third-order valence-electron chi connectivity index (χ3n) is 4.15. The Morgan fingerprint density at radius 2 is 1.73 bits per heavy atom. The molecule has 0 N–H and O–H groups in total. The zero-order chi connectivity index (χ0) is 18.5. The fourth-order valence-electron chi connectivity index (χ4n) is 2.76. The maximum Gasteiger partial charge on any atom is 0.229 e. The molecule has 136 valence electrons. The van der Waals surface area contributed by atoms with Crippen LogP contribution < -0.4 is 14.2 Å². The fraction of sp³-hybridized carbons (Fsp3) is 0.316. The quantitative estimate of drug-likeness (QED) is 0.709. The lowest BCUT2D eigenvalue weighted by molar-refractivity contribution is -0.138. The topological polar surface area (TPSA) is 78.0 Å². The number of rotatable bonds is 7. The standard InChI is InChI=1S/C19H20N2O5/c1-24-16-6-3-13(11-17(16)25-2)15-5-4-14(12-20-15)26-10-9-21-18(22)7-8-19(21)23/h3-6,11-12H,7-10H2,1-2H3. The van der Waals surface area contributed by atoms with Gasteiger partial charge in [-0.3, -0.25) is 19.5 Å². The first-order valence-corrected chi connectivity index (χ1v) is 8.27. The lowest BCUT2D eigenvalue weighted by Crippen LogP contribution is -2.33. The summed E-state index contributed by atoms with van der Waals surface area (Å²) in [5, 5.41) is 0. The average molecular weight is 356 g/mol. The van der Waals surface area contributed by atoms with Gasteiger partial charge >= 0.3 is 0 Å². The van der Waals surface area contributed by atoms with Crippen LogP contribution in [0.25, 0.3) is 11.3 Å². The van der Waals surface area contributed by atoms with E-state index in [1.54, 1.807) is 26.5 Å². The number of aromatic nitrogens is 1. The Kier molecular flexibility index (Phi) is 5.36. The van der Waals surface area contributed by atoms with Gasteiger partial charge in [0, 0.05) is 18.4 Å². The summed E-state index contributed by atoms with van der Waals surface area (Å²) in [6.07, 6.45) is 2.19. The number of hydrogen-bond acceptors (Lipinski definition) is 6. The molecule has 1 aliphatic heterocycles. The van der Waals surface area contributed by atoms with E-state index in [0.29, 0.717) is 30.1 Å². The van der Waals surface area contributed by atoms with Gasteiger partial charge in [0.15, 0.2) is 11.5 Å². The van der Waals surface area contributed by atoms with Gasteiger partial charge in [-0.1, -0.05) is 0 Å². The predicted molar refractivity (Wildman–Crippen MR) is 94.2 cm³/mol. The van der Waals surface area contributed by atoms with Crippen molar-refractivity contribution >= 4 is 11.8 Å². The molecule has 0 radical (unpaired) electrons. The van der Waals surface area contributed by atoms with Gasteiger partial charge in [-0.15, -0.1) is 0 Å². The molecule has 1 aromatic heterocycles. The highest BCUT2D eigenvalue weighted by atomic mass is 16.5. The van der Waals surface area contributed by atoms with Crippen molar-refractivity contribution in [3.8, 4) is 28.5 Å². The zero-order valence-electron chi connectivity index (χ0n) is 14.7. The number of nitrogens with zero attached hydrogens (tertiary/aromatic N) is 2. The van der Waals surface area contributed by atoms with E-state index in [1.165, 1.54) is 4.90 Å². The Bertz CT molecular complexity index is 788. The second-order valence-electron chi connectivity index (χ2n) is 5.74. The Morgan fingerprint density at radius 1 is 1.00 bits per heavy atom. The zero-order valence-corrected chi connectivity index (χ0v) is 14.7. The van der Waals surface area contributed by atoms with Crippen molar-refractivity contribution in [2.45, 2.75) is 12.8 Å². The Balaban J connectivity index is 1.61. The minimum atomic E-state index is -0.138. The molecule has 1 saturated heterocycles. The van der Waals surface area contributed by atoms with Gasteiger partial charge in [0.1, 0.15) is 12.4 Å². The van der Waals surface area contributed by atoms with E-state index in [1.807, 2.05) is 24.3 Å². The van der Waals surface area contributed by atoms with Gasteiger partial charge in [0.2, 0.25) is 11.8 Å². The highest BCUT2D eigenvalue weighted by Crippen LogP contribution is 2.31. The molecule has 1 aromatic carbocycles. The molecule has 1 aliphatic rings. The van der Waals surface area contributed by atoms with E-state index in [-0.39, 0.29) is 25.0 Å². The minimum absolute atomic E-state index is 0.138. The maximum atomic E-state index is 11.5. The van der Waals surface area contributed by atoms with E-state index in [2.05, 4.69) is 4.98 Å². The lowest BCUT2D eigenvalue weighted by Gasteiger charge is -2.14. The number of carbonyl (C=O) groups excluding carboxylic acids is 2. The molecule has 0 aliphatic carbocycles. The molecule has 2 heterocycles. The number of hydrogen-bond donors (Lipinski definition) is 0. The fourth-order valence-corrected chi connectivity index (χ4v) is 2.76. The van der Waals surface area contributed by atoms with Crippen molar-refractivity contribution in [2.75, 3.05) is 27.4 Å². The normalized spacial score (nSPS) is 13.8. The molecule has 2 aromatic rings. The van der Waals surface area contributed by atoms with Crippen LogP contribution in [0.5, 0.6) is 17.2 Å². The molecule has 0 saturated carbocycles. The van der Waals surface area contributed by atoms with Crippen molar-refractivity contribution in [2.24, 2.45) is 0 Å². The summed E-state index contributed by atoms with van der Waals surface area (Å²) in [7, 11) is 3.17. The third kappa shape index (κ3) is 3.77. The summed E-state index contributed by atoms with van der Waals surface area (Å²) >= 11 is 0. The summed E-state index contributed by atoms with van der Waals surface area (Å²) in [5.41, 5.74) is 1.66. The summed E-state index contributed by atoms with van der Waals surface area (Å²) in [5.74, 6) is 1.59. The number of imide groups is 1. The van der Waals surface area contributed by atoms with Crippen LogP contribution in [0.3, 0.4) is 0 Å². The van der Waals surface area contributed by atoms with E-state index in [0.717, 1.165) is 11.3 Å². The number of amides is 2. The molecule has 26 heavy (non-hydrogen) atoms. The van der Waals surface area contributed by atoms with Crippen molar-refractivity contribution in [3.63, 3.8) is 0 Å². The van der Waals surface area contributed by atoms with Gasteiger partial charge < -0.3 is 14.2 Å². The largest absolute Gasteiger partial charge is 0.493 e. The average Bonchev–Trinajstić information content (AvgIpc) is 3.00. The Morgan fingerprint density at radius 3 is 2.35 bits per heavy atom. The summed E-state index contributed by atoms with van der Waals surface area (Å²) in [6.45, 7) is 0.504. The Labute approximate surface area is 151 Å². The van der Waals surface area contributed by atoms with Crippen LogP contribution >= 0.6 is 0 Å². The first kappa shape index (κ1) is 17.7. The van der Waals surface area contributed by atoms with E-state index >= 15 is 0 Å². The van der Waals surface area contributed by atoms with E-state index in [4.69, 9.17) is 14.2 Å². The van der Waals surface area contributed by atoms with Crippen LogP contribution in [-0.4, -0.2) is 49.1 Å². The number of methoxy groups -OCH3 is 2. The molecule has 0 bridgehead atoms. The summed E-state index contributed by atoms with van der Waals surface area (Å²) in [6, 6.07) is 9.21. The van der Waals surface area contributed by atoms with Crippen LogP contribution in [0.15, 0.2) is 36.5 Å². The molecule has 0 spiro atoms. The van der Waals surface area contributed by atoms with Gasteiger partial charge in [0.05, 0.1) is 32.7 Å². The van der Waals surface area contributed by atoms with Crippen LogP contribution in [0.1, 0.15) is 12.8 Å². The first-order chi connectivity index (χ1) is 12.6. The first-order valence-electron chi connectivity index (χ1n) is 8.27. The predicted octanol–water partition coefficient (Wildman–Crippen LogP) is 2.29. The second kappa shape index (κ2) is 7.86. The minimum Gasteiger partial charge on any atom is -0.493 e. The van der Waals surface area contributed by atoms with Crippen molar-refractivity contribution < 1.29 is 23.8 Å². The summed E-state index contributed by atoms with van der Waals surface area (Å²) < 4.78 is 16.1. The molecule has 0 atom stereocenters. The van der Waals surface area contributed by atoms with Crippen molar-refractivity contribution in [1.82, 2.24) is 9.88 Å². The van der Waals surface area contributed by atoms with Crippen LogP contribution in [-0.2, 0) is 9.59 Å². The molecule has 7 nitrogen and oxygen atoms in total. The molecular weight excluding hydrogens is 336 g/mol. The van der Waals surface area contributed by atoms with Crippen LogP contribution in [0.4, 0.5) is 0 Å². The molecule has 2 amide bonds. The number of likely N-dealkylation sites (tertiary alicyclic amines) is 1. The highest BCUT2D eigenvalue weighted by Gasteiger charge is 2.28. The van der Waals surface area contributed by atoms with E-state index < -0.39 is 0 Å².